The van der Waals surface area contributed by atoms with E-state index in [1.807, 2.05) is 35.7 Å². The summed E-state index contributed by atoms with van der Waals surface area (Å²) >= 11 is 1.56. The maximum atomic E-state index is 12.3. The number of thiazole rings is 1. The maximum absolute atomic E-state index is 12.3. The van der Waals surface area contributed by atoms with Crippen molar-refractivity contribution in [2.45, 2.75) is 45.6 Å². The molecule has 0 radical (unpaired) electrons. The van der Waals surface area contributed by atoms with Gasteiger partial charge >= 0.3 is 5.97 Å². The first-order valence-electron chi connectivity index (χ1n) is 7.39. The zero-order valence-corrected chi connectivity index (χ0v) is 13.4. The van der Waals surface area contributed by atoms with Gasteiger partial charge in [-0.1, -0.05) is 50.6 Å². The number of carbonyl (C=O) groups is 1. The van der Waals surface area contributed by atoms with Crippen LogP contribution in [0.15, 0.2) is 35.7 Å². The van der Waals surface area contributed by atoms with Gasteiger partial charge in [-0.15, -0.1) is 11.3 Å². The number of aromatic nitrogens is 1. The van der Waals surface area contributed by atoms with E-state index < -0.39 is 0 Å². The van der Waals surface area contributed by atoms with E-state index in [4.69, 9.17) is 4.74 Å². The normalized spacial score (nSPS) is 12.1. The predicted octanol–water partition coefficient (Wildman–Crippen LogP) is 4.33. The van der Waals surface area contributed by atoms with E-state index in [9.17, 15) is 4.79 Å². The molecule has 0 fully saturated rings. The van der Waals surface area contributed by atoms with E-state index in [0.717, 1.165) is 35.5 Å². The second kappa shape index (κ2) is 7.93. The van der Waals surface area contributed by atoms with Crippen molar-refractivity contribution >= 4 is 17.3 Å². The Bertz CT molecular complexity index is 565. The average Bonchev–Trinajstić information content (AvgIpc) is 3.00. The lowest BCUT2D eigenvalue weighted by atomic mass is 10.1. The van der Waals surface area contributed by atoms with Gasteiger partial charge in [0, 0.05) is 5.38 Å². The fourth-order valence-electron chi connectivity index (χ4n) is 2.11. The van der Waals surface area contributed by atoms with Gasteiger partial charge in [-0.2, -0.15) is 0 Å². The van der Waals surface area contributed by atoms with E-state index >= 15 is 0 Å². The third kappa shape index (κ3) is 4.39. The smallest absolute Gasteiger partial charge is 0.316 e. The van der Waals surface area contributed by atoms with Crippen molar-refractivity contribution in [1.82, 2.24) is 4.98 Å². The second-order valence-corrected chi connectivity index (χ2v) is 5.85. The van der Waals surface area contributed by atoms with Crippen LogP contribution in [0.1, 0.15) is 48.9 Å². The highest BCUT2D eigenvalue weighted by Gasteiger charge is 2.24. The van der Waals surface area contributed by atoms with Gasteiger partial charge in [0.2, 0.25) is 0 Å². The Morgan fingerprint density at radius 3 is 2.67 bits per heavy atom. The van der Waals surface area contributed by atoms with Gasteiger partial charge in [-0.05, 0) is 18.4 Å². The summed E-state index contributed by atoms with van der Waals surface area (Å²) in [7, 11) is 0. The van der Waals surface area contributed by atoms with Crippen LogP contribution in [-0.4, -0.2) is 11.0 Å². The molecule has 4 heteroatoms. The molecule has 0 aliphatic carbocycles. The van der Waals surface area contributed by atoms with Gasteiger partial charge in [-0.3, -0.25) is 4.79 Å². The highest BCUT2D eigenvalue weighted by Crippen LogP contribution is 2.26. The van der Waals surface area contributed by atoms with E-state index in [1.54, 1.807) is 11.3 Å². The molecule has 1 heterocycles. The monoisotopic (exact) mass is 303 g/mol. The minimum absolute atomic E-state index is 0.169. The average molecular weight is 303 g/mol. The first-order chi connectivity index (χ1) is 10.2. The molecule has 112 valence electrons. The van der Waals surface area contributed by atoms with E-state index in [-0.39, 0.29) is 11.9 Å². The van der Waals surface area contributed by atoms with Crippen LogP contribution in [0.4, 0.5) is 0 Å². The highest BCUT2D eigenvalue weighted by molar-refractivity contribution is 7.09. The number of aryl methyl sites for hydroxylation is 1. The molecular weight excluding hydrogens is 282 g/mol. The minimum Gasteiger partial charge on any atom is -0.460 e. The second-order valence-electron chi connectivity index (χ2n) is 4.97. The third-order valence-electron chi connectivity index (χ3n) is 3.32. The zero-order chi connectivity index (χ0) is 15.1. The summed E-state index contributed by atoms with van der Waals surface area (Å²) in [5, 5.41) is 2.91. The Labute approximate surface area is 130 Å². The summed E-state index contributed by atoms with van der Waals surface area (Å²) in [6.07, 6.45) is 2.62. The van der Waals surface area contributed by atoms with Crippen molar-refractivity contribution in [2.24, 2.45) is 0 Å². The Morgan fingerprint density at radius 1 is 1.29 bits per heavy atom. The van der Waals surface area contributed by atoms with Crippen LogP contribution < -0.4 is 0 Å². The molecule has 0 aliphatic rings. The Kier molecular flexibility index (Phi) is 5.93. The van der Waals surface area contributed by atoms with E-state index in [0.29, 0.717) is 6.61 Å². The number of esters is 1. The summed E-state index contributed by atoms with van der Waals surface area (Å²) in [5.74, 6) is -0.401. The fraction of sp³-hybridized carbons (Fsp3) is 0.412. The largest absolute Gasteiger partial charge is 0.460 e. The Balaban J connectivity index is 2.01. The topological polar surface area (TPSA) is 39.2 Å². The number of carbonyl (C=O) groups excluding carboxylic acids is 1. The molecule has 2 aromatic rings. The van der Waals surface area contributed by atoms with Gasteiger partial charge < -0.3 is 4.74 Å². The molecule has 0 bridgehead atoms. The van der Waals surface area contributed by atoms with Crippen molar-refractivity contribution in [3.63, 3.8) is 0 Å². The maximum Gasteiger partial charge on any atom is 0.316 e. The number of benzene rings is 1. The molecule has 1 aromatic carbocycles. The van der Waals surface area contributed by atoms with Crippen molar-refractivity contribution in [3.05, 3.63) is 52.0 Å². The lowest BCUT2D eigenvalue weighted by molar-refractivity contribution is -0.147. The lowest BCUT2D eigenvalue weighted by Gasteiger charge is -2.13. The van der Waals surface area contributed by atoms with Gasteiger partial charge in [0.15, 0.2) is 0 Å². The van der Waals surface area contributed by atoms with Crippen LogP contribution in [-0.2, 0) is 22.6 Å². The standard InChI is InChI=1S/C17H21NO2S/c1-3-8-15(16-18-14(4-2)12-21-16)17(19)20-11-13-9-6-5-7-10-13/h5-7,9-10,12,15H,3-4,8,11H2,1-2H3. The number of hydrogen-bond donors (Lipinski definition) is 0. The number of nitrogens with zero attached hydrogens (tertiary/aromatic N) is 1. The first kappa shape index (κ1) is 15.7. The van der Waals surface area contributed by atoms with Crippen LogP contribution >= 0.6 is 11.3 Å². The van der Waals surface area contributed by atoms with Crippen LogP contribution in [0, 0.1) is 0 Å². The zero-order valence-electron chi connectivity index (χ0n) is 12.5. The molecule has 0 aliphatic heterocycles. The van der Waals surface area contributed by atoms with Crippen molar-refractivity contribution < 1.29 is 9.53 Å². The van der Waals surface area contributed by atoms with Gasteiger partial charge in [0.25, 0.3) is 0 Å². The number of hydrogen-bond acceptors (Lipinski definition) is 4. The Morgan fingerprint density at radius 2 is 2.05 bits per heavy atom. The quantitative estimate of drug-likeness (QED) is 0.715. The third-order valence-corrected chi connectivity index (χ3v) is 4.32. The molecule has 0 saturated heterocycles. The van der Waals surface area contributed by atoms with Crippen molar-refractivity contribution in [3.8, 4) is 0 Å². The summed E-state index contributed by atoms with van der Waals surface area (Å²) < 4.78 is 5.47. The highest BCUT2D eigenvalue weighted by atomic mass is 32.1. The van der Waals surface area contributed by atoms with Crippen molar-refractivity contribution in [1.29, 1.82) is 0 Å². The van der Waals surface area contributed by atoms with Crippen molar-refractivity contribution in [2.75, 3.05) is 0 Å². The van der Waals surface area contributed by atoms with E-state index in [2.05, 4.69) is 18.8 Å². The Hall–Kier alpha value is -1.68. The van der Waals surface area contributed by atoms with Gasteiger partial charge in [0.1, 0.15) is 17.5 Å². The van der Waals surface area contributed by atoms with E-state index in [1.165, 1.54) is 0 Å². The molecule has 1 aromatic heterocycles. The van der Waals surface area contributed by atoms with Crippen LogP contribution in [0.2, 0.25) is 0 Å². The summed E-state index contributed by atoms with van der Waals surface area (Å²) in [5.41, 5.74) is 2.06. The molecule has 0 spiro atoms. The molecule has 2 rings (SSSR count). The minimum atomic E-state index is -0.232. The van der Waals surface area contributed by atoms with Gasteiger partial charge in [-0.25, -0.2) is 4.98 Å². The summed E-state index contributed by atoms with van der Waals surface area (Å²) in [6.45, 7) is 4.47. The molecule has 0 N–H and O–H groups in total. The number of rotatable bonds is 7. The molecule has 1 atom stereocenters. The number of ether oxygens (including phenoxy) is 1. The molecule has 0 amide bonds. The molecular formula is C17H21NO2S. The van der Waals surface area contributed by atoms with Crippen LogP contribution in [0.3, 0.4) is 0 Å². The van der Waals surface area contributed by atoms with Crippen LogP contribution in [0.25, 0.3) is 0 Å². The fourth-order valence-corrected chi connectivity index (χ4v) is 3.13. The molecule has 1 unspecified atom stereocenters. The molecule has 3 nitrogen and oxygen atoms in total. The van der Waals surface area contributed by atoms with Crippen LogP contribution in [0.5, 0.6) is 0 Å². The predicted molar refractivity (Wildman–Crippen MR) is 85.4 cm³/mol. The molecule has 21 heavy (non-hydrogen) atoms. The SMILES string of the molecule is CCCC(C(=O)OCc1ccccc1)c1nc(CC)cs1. The molecule has 0 saturated carbocycles. The summed E-state index contributed by atoms with van der Waals surface area (Å²) in [6, 6.07) is 9.76. The van der Waals surface area contributed by atoms with Gasteiger partial charge in [0.05, 0.1) is 5.69 Å². The summed E-state index contributed by atoms with van der Waals surface area (Å²) in [4.78, 5) is 16.9. The lowest BCUT2D eigenvalue weighted by Crippen LogP contribution is -2.16. The first-order valence-corrected chi connectivity index (χ1v) is 8.27.